The molecule has 0 bridgehead atoms. The lowest BCUT2D eigenvalue weighted by atomic mass is 9.96. The SMILES string of the molecule is COC(C)(C)CC(CN)N1CCN(C)c2ccccc21. The third-order valence-electron chi connectivity index (χ3n) is 4.27. The van der Waals surface area contributed by atoms with Gasteiger partial charge in [-0.2, -0.15) is 0 Å². The van der Waals surface area contributed by atoms with Gasteiger partial charge in [-0.05, 0) is 32.4 Å². The van der Waals surface area contributed by atoms with E-state index in [4.69, 9.17) is 10.5 Å². The number of ether oxygens (including phenoxy) is 1. The van der Waals surface area contributed by atoms with Crippen LogP contribution in [0.3, 0.4) is 0 Å². The Kier molecular flexibility index (Phi) is 4.55. The van der Waals surface area contributed by atoms with Gasteiger partial charge in [-0.1, -0.05) is 12.1 Å². The molecule has 0 amide bonds. The summed E-state index contributed by atoms with van der Waals surface area (Å²) < 4.78 is 5.58. The van der Waals surface area contributed by atoms with Gasteiger partial charge >= 0.3 is 0 Å². The molecule has 0 saturated carbocycles. The van der Waals surface area contributed by atoms with Crippen molar-refractivity contribution in [3.8, 4) is 0 Å². The maximum atomic E-state index is 6.05. The minimum Gasteiger partial charge on any atom is -0.379 e. The second-order valence-electron chi connectivity index (χ2n) is 6.16. The first-order chi connectivity index (χ1) is 9.48. The minimum atomic E-state index is -0.150. The number of anilines is 2. The Hall–Kier alpha value is -1.26. The van der Waals surface area contributed by atoms with E-state index in [0.29, 0.717) is 12.6 Å². The number of hydrogen-bond donors (Lipinski definition) is 1. The average Bonchev–Trinajstić information content (AvgIpc) is 2.46. The first kappa shape index (κ1) is 15.1. The Morgan fingerprint density at radius 2 is 1.90 bits per heavy atom. The fourth-order valence-corrected chi connectivity index (χ4v) is 2.88. The van der Waals surface area contributed by atoms with Gasteiger partial charge in [0, 0.05) is 39.8 Å². The van der Waals surface area contributed by atoms with E-state index in [1.54, 1.807) is 7.11 Å². The minimum absolute atomic E-state index is 0.150. The van der Waals surface area contributed by atoms with E-state index < -0.39 is 0 Å². The quantitative estimate of drug-likeness (QED) is 0.895. The van der Waals surface area contributed by atoms with Gasteiger partial charge in [-0.3, -0.25) is 0 Å². The summed E-state index contributed by atoms with van der Waals surface area (Å²) in [5, 5.41) is 0. The molecule has 20 heavy (non-hydrogen) atoms. The second-order valence-corrected chi connectivity index (χ2v) is 6.16. The summed E-state index contributed by atoms with van der Waals surface area (Å²) in [5.74, 6) is 0. The molecule has 0 aliphatic carbocycles. The Labute approximate surface area is 122 Å². The summed E-state index contributed by atoms with van der Waals surface area (Å²) >= 11 is 0. The average molecular weight is 277 g/mol. The van der Waals surface area contributed by atoms with E-state index >= 15 is 0 Å². The van der Waals surface area contributed by atoms with Crippen molar-refractivity contribution in [3.05, 3.63) is 24.3 Å². The lowest BCUT2D eigenvalue weighted by Crippen LogP contribution is -2.50. The van der Waals surface area contributed by atoms with Crippen LogP contribution < -0.4 is 15.5 Å². The topological polar surface area (TPSA) is 41.7 Å². The highest BCUT2D eigenvalue weighted by Gasteiger charge is 2.30. The molecule has 0 aromatic heterocycles. The van der Waals surface area contributed by atoms with Crippen LogP contribution in [0.4, 0.5) is 11.4 Å². The number of nitrogens with two attached hydrogens (primary N) is 1. The molecule has 1 aromatic rings. The Morgan fingerprint density at radius 1 is 1.25 bits per heavy atom. The molecular weight excluding hydrogens is 250 g/mol. The number of nitrogens with zero attached hydrogens (tertiary/aromatic N) is 2. The van der Waals surface area contributed by atoms with Gasteiger partial charge in [0.25, 0.3) is 0 Å². The third kappa shape index (κ3) is 3.07. The molecule has 4 heteroatoms. The van der Waals surface area contributed by atoms with Crippen molar-refractivity contribution < 1.29 is 4.74 Å². The number of para-hydroxylation sites is 2. The molecule has 1 aliphatic rings. The fourth-order valence-electron chi connectivity index (χ4n) is 2.88. The summed E-state index contributed by atoms with van der Waals surface area (Å²) in [6.07, 6.45) is 0.929. The number of fused-ring (bicyclic) bond motifs is 1. The molecule has 0 spiro atoms. The predicted molar refractivity (Wildman–Crippen MR) is 85.6 cm³/mol. The van der Waals surface area contributed by atoms with Crippen LogP contribution in [0.2, 0.25) is 0 Å². The molecule has 1 unspecified atom stereocenters. The van der Waals surface area contributed by atoms with Crippen molar-refractivity contribution in [1.29, 1.82) is 0 Å². The molecule has 2 rings (SSSR count). The van der Waals surface area contributed by atoms with Crippen LogP contribution >= 0.6 is 0 Å². The molecular formula is C16H27N3O. The first-order valence-corrected chi connectivity index (χ1v) is 7.30. The van der Waals surface area contributed by atoms with Crippen molar-refractivity contribution in [3.63, 3.8) is 0 Å². The van der Waals surface area contributed by atoms with Crippen LogP contribution in [-0.2, 0) is 4.74 Å². The summed E-state index contributed by atoms with van der Waals surface area (Å²) in [6.45, 7) is 6.93. The summed E-state index contributed by atoms with van der Waals surface area (Å²) in [7, 11) is 3.91. The van der Waals surface area contributed by atoms with Crippen molar-refractivity contribution in [2.45, 2.75) is 31.9 Å². The van der Waals surface area contributed by atoms with Gasteiger partial charge in [0.2, 0.25) is 0 Å². The van der Waals surface area contributed by atoms with E-state index in [1.165, 1.54) is 11.4 Å². The van der Waals surface area contributed by atoms with Crippen LogP contribution in [0.25, 0.3) is 0 Å². The van der Waals surface area contributed by atoms with Crippen molar-refractivity contribution >= 4 is 11.4 Å². The highest BCUT2D eigenvalue weighted by Crippen LogP contribution is 2.34. The van der Waals surface area contributed by atoms with Crippen LogP contribution in [0.5, 0.6) is 0 Å². The molecule has 0 saturated heterocycles. The van der Waals surface area contributed by atoms with E-state index in [9.17, 15) is 0 Å². The van der Waals surface area contributed by atoms with Crippen LogP contribution in [0, 0.1) is 0 Å². The number of methoxy groups -OCH3 is 1. The predicted octanol–water partition coefficient (Wildman–Crippen LogP) is 2.09. The number of hydrogen-bond acceptors (Lipinski definition) is 4. The largest absolute Gasteiger partial charge is 0.379 e. The second kappa shape index (κ2) is 6.02. The van der Waals surface area contributed by atoms with Crippen LogP contribution in [0.15, 0.2) is 24.3 Å². The fraction of sp³-hybridized carbons (Fsp3) is 0.625. The lowest BCUT2D eigenvalue weighted by molar-refractivity contribution is 0.0101. The van der Waals surface area contributed by atoms with Gasteiger partial charge in [0.1, 0.15) is 0 Å². The Balaban J connectivity index is 2.25. The molecule has 4 nitrogen and oxygen atoms in total. The summed E-state index contributed by atoms with van der Waals surface area (Å²) in [6, 6.07) is 8.86. The van der Waals surface area contributed by atoms with E-state index in [1.807, 2.05) is 0 Å². The van der Waals surface area contributed by atoms with Gasteiger partial charge < -0.3 is 20.3 Å². The number of likely N-dealkylation sites (N-methyl/N-ethyl adjacent to an activating group) is 1. The molecule has 2 N–H and O–H groups in total. The van der Waals surface area contributed by atoms with E-state index in [2.05, 4.69) is 55.0 Å². The van der Waals surface area contributed by atoms with Gasteiger partial charge in [-0.15, -0.1) is 0 Å². The number of rotatable bonds is 5. The molecule has 1 aromatic carbocycles. The zero-order chi connectivity index (χ0) is 14.8. The molecule has 1 heterocycles. The van der Waals surface area contributed by atoms with Crippen molar-refractivity contribution in [2.24, 2.45) is 5.73 Å². The van der Waals surface area contributed by atoms with E-state index in [-0.39, 0.29) is 5.60 Å². The highest BCUT2D eigenvalue weighted by molar-refractivity contribution is 5.73. The van der Waals surface area contributed by atoms with Gasteiger partial charge in [0.15, 0.2) is 0 Å². The summed E-state index contributed by atoms with van der Waals surface area (Å²) in [4.78, 5) is 4.75. The molecule has 0 radical (unpaired) electrons. The zero-order valence-corrected chi connectivity index (χ0v) is 13.1. The third-order valence-corrected chi connectivity index (χ3v) is 4.27. The zero-order valence-electron chi connectivity index (χ0n) is 13.1. The van der Waals surface area contributed by atoms with Gasteiger partial charge in [-0.25, -0.2) is 0 Å². The van der Waals surface area contributed by atoms with Crippen molar-refractivity contribution in [1.82, 2.24) is 0 Å². The molecule has 112 valence electrons. The number of benzene rings is 1. The van der Waals surface area contributed by atoms with Crippen LogP contribution in [-0.4, -0.2) is 45.4 Å². The standard InChI is InChI=1S/C16H27N3O/c1-16(2,20-4)11-13(12-17)19-10-9-18(3)14-7-5-6-8-15(14)19/h5-8,13H,9-12,17H2,1-4H3. The monoisotopic (exact) mass is 277 g/mol. The molecule has 1 aliphatic heterocycles. The Morgan fingerprint density at radius 3 is 2.50 bits per heavy atom. The summed E-state index contributed by atoms with van der Waals surface area (Å²) in [5.41, 5.74) is 8.46. The maximum Gasteiger partial charge on any atom is 0.0642 e. The highest BCUT2D eigenvalue weighted by atomic mass is 16.5. The Bertz CT molecular complexity index is 447. The molecule has 1 atom stereocenters. The van der Waals surface area contributed by atoms with Crippen molar-refractivity contribution in [2.75, 3.05) is 43.6 Å². The first-order valence-electron chi connectivity index (χ1n) is 7.30. The van der Waals surface area contributed by atoms with Gasteiger partial charge in [0.05, 0.1) is 17.0 Å². The normalized spacial score (nSPS) is 17.1. The molecule has 0 fully saturated rings. The smallest absolute Gasteiger partial charge is 0.0642 e. The van der Waals surface area contributed by atoms with E-state index in [0.717, 1.165) is 19.5 Å². The lowest BCUT2D eigenvalue weighted by Gasteiger charge is -2.43. The maximum absolute atomic E-state index is 6.05. The van der Waals surface area contributed by atoms with Crippen LogP contribution in [0.1, 0.15) is 20.3 Å².